The quantitative estimate of drug-likeness (QED) is 0.644. The van der Waals surface area contributed by atoms with Crippen LogP contribution < -0.4 is 4.72 Å². The molecule has 2 saturated heterocycles. The molecule has 2 heterocycles. The van der Waals surface area contributed by atoms with Crippen LogP contribution in [0, 0.1) is 0 Å². The van der Waals surface area contributed by atoms with Crippen LogP contribution in [0.15, 0.2) is 0 Å². The zero-order chi connectivity index (χ0) is 16.0. The van der Waals surface area contributed by atoms with Gasteiger partial charge in [0.2, 0.25) is 0 Å². The number of piperidine rings is 1. The lowest BCUT2D eigenvalue weighted by molar-refractivity contribution is 0.148. The van der Waals surface area contributed by atoms with E-state index in [0.29, 0.717) is 32.3 Å². The molecule has 0 aromatic carbocycles. The van der Waals surface area contributed by atoms with Gasteiger partial charge < -0.3 is 9.47 Å². The van der Waals surface area contributed by atoms with Gasteiger partial charge in [-0.3, -0.25) is 4.90 Å². The minimum Gasteiger partial charge on any atom is -0.383 e. The normalized spacial score (nSPS) is 26.5. The van der Waals surface area contributed by atoms with Gasteiger partial charge in [0.05, 0.1) is 13.2 Å². The molecule has 2 aliphatic heterocycles. The van der Waals surface area contributed by atoms with Crippen LogP contribution in [0.25, 0.3) is 0 Å². The Hall–Kier alpha value is -0.250. The fourth-order valence-electron chi connectivity index (χ4n) is 3.39. The molecule has 0 aromatic rings. The zero-order valence-electron chi connectivity index (χ0n) is 13.7. The minimum absolute atomic E-state index is 0.0258. The van der Waals surface area contributed by atoms with Gasteiger partial charge in [0, 0.05) is 45.9 Å². The van der Waals surface area contributed by atoms with Gasteiger partial charge in [-0.25, -0.2) is 0 Å². The maximum atomic E-state index is 12.7. The van der Waals surface area contributed by atoms with E-state index >= 15 is 0 Å². The number of ether oxygens (including phenoxy) is 2. The van der Waals surface area contributed by atoms with Crippen molar-refractivity contribution in [3.63, 3.8) is 0 Å². The van der Waals surface area contributed by atoms with E-state index in [1.807, 2.05) is 0 Å². The Balaban J connectivity index is 1.97. The first-order valence-corrected chi connectivity index (χ1v) is 9.52. The molecule has 0 bridgehead atoms. The molecular formula is C14H29N3O4S. The van der Waals surface area contributed by atoms with Crippen molar-refractivity contribution >= 4 is 10.2 Å². The molecule has 2 fully saturated rings. The van der Waals surface area contributed by atoms with Gasteiger partial charge in [-0.05, 0) is 25.8 Å². The molecule has 1 N–H and O–H groups in total. The average molecular weight is 335 g/mol. The number of nitrogens with zero attached hydrogens (tertiary/aromatic N) is 2. The summed E-state index contributed by atoms with van der Waals surface area (Å²) in [5.41, 5.74) is 0. The highest BCUT2D eigenvalue weighted by Gasteiger charge is 2.38. The van der Waals surface area contributed by atoms with E-state index in [0.717, 1.165) is 25.9 Å². The summed E-state index contributed by atoms with van der Waals surface area (Å²) in [7, 11) is -0.355. The molecule has 0 aliphatic carbocycles. The molecule has 7 nitrogen and oxygen atoms in total. The smallest absolute Gasteiger partial charge is 0.279 e. The first-order chi connectivity index (χ1) is 10.6. The van der Waals surface area contributed by atoms with Gasteiger partial charge in [-0.2, -0.15) is 17.4 Å². The summed E-state index contributed by atoms with van der Waals surface area (Å²) < 4.78 is 39.7. The van der Waals surface area contributed by atoms with E-state index in [1.54, 1.807) is 14.2 Å². The van der Waals surface area contributed by atoms with Crippen LogP contribution in [-0.4, -0.2) is 83.3 Å². The van der Waals surface area contributed by atoms with Crippen LogP contribution in [0.4, 0.5) is 0 Å². The van der Waals surface area contributed by atoms with Gasteiger partial charge in [-0.15, -0.1) is 0 Å². The van der Waals surface area contributed by atoms with Gasteiger partial charge in [0.1, 0.15) is 0 Å². The maximum absolute atomic E-state index is 12.7. The van der Waals surface area contributed by atoms with Crippen LogP contribution in [0.5, 0.6) is 0 Å². The molecular weight excluding hydrogens is 306 g/mol. The van der Waals surface area contributed by atoms with E-state index in [2.05, 4.69) is 9.62 Å². The third kappa shape index (κ3) is 4.62. The fourth-order valence-corrected chi connectivity index (χ4v) is 4.83. The third-order valence-corrected chi connectivity index (χ3v) is 6.23. The second-order valence-corrected chi connectivity index (χ2v) is 7.70. The molecule has 0 aromatic heterocycles. The Kier molecular flexibility index (Phi) is 7.04. The summed E-state index contributed by atoms with van der Waals surface area (Å²) in [5, 5.41) is 0. The number of nitrogens with one attached hydrogen (secondary N) is 1. The van der Waals surface area contributed by atoms with E-state index in [1.165, 1.54) is 17.1 Å². The number of hydrogen-bond donors (Lipinski definition) is 1. The van der Waals surface area contributed by atoms with Crippen LogP contribution in [0.1, 0.15) is 25.7 Å². The van der Waals surface area contributed by atoms with Crippen molar-refractivity contribution in [1.29, 1.82) is 0 Å². The standard InChI is InChI=1S/C14H29N3O4S/c1-20-11-9-17(10-12-21-2)22(18,19)15-13-6-8-16-7-4-3-5-14(13)16/h13-15H,3-12H2,1-2H3/t13-,14-/m1/s1. The minimum atomic E-state index is -3.50. The Morgan fingerprint density at radius 2 is 1.77 bits per heavy atom. The topological polar surface area (TPSA) is 71.1 Å². The number of rotatable bonds is 9. The van der Waals surface area contributed by atoms with Crippen LogP contribution >= 0.6 is 0 Å². The predicted octanol–water partition coefficient (Wildman–Crippen LogP) is 0.0424. The lowest BCUT2D eigenvalue weighted by Crippen LogP contribution is -2.52. The number of methoxy groups -OCH3 is 2. The van der Waals surface area contributed by atoms with Crippen molar-refractivity contribution in [2.75, 3.05) is 53.6 Å². The summed E-state index contributed by atoms with van der Waals surface area (Å²) in [6.07, 6.45) is 4.40. The summed E-state index contributed by atoms with van der Waals surface area (Å²) in [6.45, 7) is 3.54. The molecule has 2 aliphatic rings. The first kappa shape index (κ1) is 18.1. The second kappa shape index (κ2) is 8.56. The highest BCUT2D eigenvalue weighted by atomic mass is 32.2. The van der Waals surface area contributed by atoms with Gasteiger partial charge in [0.25, 0.3) is 10.2 Å². The lowest BCUT2D eigenvalue weighted by atomic mass is 10.00. The molecule has 0 amide bonds. The Morgan fingerprint density at radius 1 is 1.09 bits per heavy atom. The van der Waals surface area contributed by atoms with Crippen LogP contribution in [0.3, 0.4) is 0 Å². The van der Waals surface area contributed by atoms with E-state index in [-0.39, 0.29) is 6.04 Å². The summed E-state index contributed by atoms with van der Waals surface area (Å²) in [6, 6.07) is 0.383. The van der Waals surface area contributed by atoms with Crippen molar-refractivity contribution in [3.8, 4) is 0 Å². The summed E-state index contributed by atoms with van der Waals surface area (Å²) >= 11 is 0. The first-order valence-electron chi connectivity index (χ1n) is 8.08. The molecule has 130 valence electrons. The number of hydrogen-bond acceptors (Lipinski definition) is 5. The second-order valence-electron chi connectivity index (χ2n) is 6.00. The molecule has 2 rings (SSSR count). The van der Waals surface area contributed by atoms with Gasteiger partial charge >= 0.3 is 0 Å². The predicted molar refractivity (Wildman–Crippen MR) is 85.0 cm³/mol. The average Bonchev–Trinajstić information content (AvgIpc) is 2.90. The van der Waals surface area contributed by atoms with Crippen molar-refractivity contribution in [3.05, 3.63) is 0 Å². The highest BCUT2D eigenvalue weighted by Crippen LogP contribution is 2.27. The monoisotopic (exact) mass is 335 g/mol. The van der Waals surface area contributed by atoms with Crippen molar-refractivity contribution in [2.45, 2.75) is 37.8 Å². The van der Waals surface area contributed by atoms with E-state index in [4.69, 9.17) is 9.47 Å². The summed E-state index contributed by atoms with van der Waals surface area (Å²) in [4.78, 5) is 2.42. The highest BCUT2D eigenvalue weighted by molar-refractivity contribution is 7.87. The van der Waals surface area contributed by atoms with Gasteiger partial charge in [-0.1, -0.05) is 6.42 Å². The van der Waals surface area contributed by atoms with Crippen LogP contribution in [-0.2, 0) is 19.7 Å². The molecule has 2 atom stereocenters. The van der Waals surface area contributed by atoms with Crippen LogP contribution in [0.2, 0.25) is 0 Å². The zero-order valence-corrected chi connectivity index (χ0v) is 14.5. The van der Waals surface area contributed by atoms with Gasteiger partial charge in [0.15, 0.2) is 0 Å². The Morgan fingerprint density at radius 3 is 2.41 bits per heavy atom. The maximum Gasteiger partial charge on any atom is 0.279 e. The Bertz CT molecular complexity index is 424. The van der Waals surface area contributed by atoms with E-state index < -0.39 is 10.2 Å². The number of fused-ring (bicyclic) bond motifs is 1. The van der Waals surface area contributed by atoms with Crippen molar-refractivity contribution in [2.24, 2.45) is 0 Å². The third-order valence-electron chi connectivity index (χ3n) is 4.59. The molecule has 0 spiro atoms. The van der Waals surface area contributed by atoms with Crippen molar-refractivity contribution in [1.82, 2.24) is 13.9 Å². The summed E-state index contributed by atoms with van der Waals surface area (Å²) in [5.74, 6) is 0. The largest absolute Gasteiger partial charge is 0.383 e. The molecule has 8 heteroatoms. The Labute approximate surface area is 134 Å². The molecule has 22 heavy (non-hydrogen) atoms. The lowest BCUT2D eigenvalue weighted by Gasteiger charge is -2.33. The van der Waals surface area contributed by atoms with E-state index in [9.17, 15) is 8.42 Å². The van der Waals surface area contributed by atoms with Crippen molar-refractivity contribution < 1.29 is 17.9 Å². The molecule has 0 radical (unpaired) electrons. The molecule has 0 saturated carbocycles. The SMILES string of the molecule is COCCN(CCOC)S(=O)(=O)N[C@@H]1CCN2CCCC[C@H]12. The fraction of sp³-hybridized carbons (Fsp3) is 1.00. The molecule has 0 unspecified atom stereocenters.